The van der Waals surface area contributed by atoms with Crippen LogP contribution in [0.25, 0.3) is 0 Å². The number of methoxy groups -OCH3 is 1. The number of hydrogen-bond acceptors (Lipinski definition) is 5. The third kappa shape index (κ3) is 6.06. The number of ether oxygens (including phenoxy) is 2. The minimum Gasteiger partial charge on any atom is -0.486 e. The Morgan fingerprint density at radius 1 is 1.29 bits per heavy atom. The molecule has 7 heteroatoms. The van der Waals surface area contributed by atoms with Crippen molar-refractivity contribution < 1.29 is 18.7 Å². The van der Waals surface area contributed by atoms with Crippen molar-refractivity contribution in [3.8, 4) is 5.75 Å². The Kier molecular flexibility index (Phi) is 8.42. The number of benzene rings is 1. The number of anilines is 1. The number of hydrogen-bond donors (Lipinski definition) is 2. The van der Waals surface area contributed by atoms with Crippen LogP contribution in [-0.2, 0) is 17.9 Å². The number of amides is 1. The SMILES string of the molecule is CCCC=CCOc1cccc(CNC(=O)c2ccc(COC)nc2N)c1F. The van der Waals surface area contributed by atoms with Crippen LogP contribution in [0.4, 0.5) is 10.2 Å². The number of aromatic nitrogens is 1. The predicted octanol–water partition coefficient (Wildman–Crippen LogP) is 3.61. The van der Waals surface area contributed by atoms with E-state index < -0.39 is 11.7 Å². The number of rotatable bonds is 10. The molecule has 3 N–H and O–H groups in total. The van der Waals surface area contributed by atoms with Gasteiger partial charge in [-0.05, 0) is 24.6 Å². The Morgan fingerprint density at radius 2 is 2.11 bits per heavy atom. The highest BCUT2D eigenvalue weighted by Gasteiger charge is 2.14. The Bertz CT molecular complexity index is 825. The summed E-state index contributed by atoms with van der Waals surface area (Å²) >= 11 is 0. The van der Waals surface area contributed by atoms with E-state index in [0.29, 0.717) is 24.5 Å². The highest BCUT2D eigenvalue weighted by molar-refractivity contribution is 5.98. The first-order valence-corrected chi connectivity index (χ1v) is 9.14. The largest absolute Gasteiger partial charge is 0.486 e. The molecule has 0 bridgehead atoms. The zero-order chi connectivity index (χ0) is 20.4. The number of nitrogens with two attached hydrogens (primary N) is 1. The van der Waals surface area contributed by atoms with E-state index in [-0.39, 0.29) is 23.7 Å². The molecule has 0 radical (unpaired) electrons. The molecule has 0 saturated carbocycles. The zero-order valence-corrected chi connectivity index (χ0v) is 16.2. The summed E-state index contributed by atoms with van der Waals surface area (Å²) in [5.74, 6) is -0.670. The minimum atomic E-state index is -0.492. The second-order valence-corrected chi connectivity index (χ2v) is 6.15. The normalized spacial score (nSPS) is 11.0. The van der Waals surface area contributed by atoms with Gasteiger partial charge in [-0.2, -0.15) is 0 Å². The second-order valence-electron chi connectivity index (χ2n) is 6.15. The first-order chi connectivity index (χ1) is 13.6. The highest BCUT2D eigenvalue weighted by atomic mass is 19.1. The molecule has 0 aliphatic rings. The quantitative estimate of drug-likeness (QED) is 0.608. The summed E-state index contributed by atoms with van der Waals surface area (Å²) < 4.78 is 25.0. The lowest BCUT2D eigenvalue weighted by Gasteiger charge is -2.11. The van der Waals surface area contributed by atoms with E-state index in [1.807, 2.05) is 12.2 Å². The van der Waals surface area contributed by atoms with Gasteiger partial charge in [-0.3, -0.25) is 4.79 Å². The molecule has 2 aromatic rings. The van der Waals surface area contributed by atoms with Crippen molar-refractivity contribution in [3.05, 3.63) is 65.1 Å². The Morgan fingerprint density at radius 3 is 2.82 bits per heavy atom. The topological polar surface area (TPSA) is 86.5 Å². The molecule has 28 heavy (non-hydrogen) atoms. The summed E-state index contributed by atoms with van der Waals surface area (Å²) in [4.78, 5) is 16.5. The van der Waals surface area contributed by atoms with Crippen molar-refractivity contribution in [1.82, 2.24) is 10.3 Å². The number of unbranched alkanes of at least 4 members (excludes halogenated alkanes) is 1. The molecule has 0 aliphatic carbocycles. The van der Waals surface area contributed by atoms with E-state index >= 15 is 0 Å². The maximum atomic E-state index is 14.6. The Labute approximate surface area is 164 Å². The van der Waals surface area contributed by atoms with Crippen LogP contribution in [0, 0.1) is 5.82 Å². The highest BCUT2D eigenvalue weighted by Crippen LogP contribution is 2.21. The van der Waals surface area contributed by atoms with Crippen molar-refractivity contribution in [2.45, 2.75) is 32.9 Å². The lowest BCUT2D eigenvalue weighted by Crippen LogP contribution is -2.25. The molecule has 1 heterocycles. The van der Waals surface area contributed by atoms with E-state index in [4.69, 9.17) is 15.2 Å². The number of nitrogens with zero attached hydrogens (tertiary/aromatic N) is 1. The Hall–Kier alpha value is -2.93. The molecule has 0 unspecified atom stereocenters. The van der Waals surface area contributed by atoms with Gasteiger partial charge >= 0.3 is 0 Å². The molecular weight excluding hydrogens is 361 g/mol. The molecule has 150 valence electrons. The summed E-state index contributed by atoms with van der Waals surface area (Å²) in [5.41, 5.74) is 7.02. The van der Waals surface area contributed by atoms with Gasteiger partial charge in [0.2, 0.25) is 0 Å². The van der Waals surface area contributed by atoms with E-state index in [1.165, 1.54) is 0 Å². The van der Waals surface area contributed by atoms with Gasteiger partial charge < -0.3 is 20.5 Å². The fourth-order valence-electron chi connectivity index (χ4n) is 2.50. The van der Waals surface area contributed by atoms with Crippen molar-refractivity contribution in [1.29, 1.82) is 0 Å². The van der Waals surface area contributed by atoms with Crippen LogP contribution < -0.4 is 15.8 Å². The van der Waals surface area contributed by atoms with Crippen LogP contribution in [0.15, 0.2) is 42.5 Å². The third-order valence-corrected chi connectivity index (χ3v) is 3.96. The van der Waals surface area contributed by atoms with Gasteiger partial charge in [0.15, 0.2) is 11.6 Å². The predicted molar refractivity (Wildman–Crippen MR) is 106 cm³/mol. The van der Waals surface area contributed by atoms with Crippen LogP contribution in [0.3, 0.4) is 0 Å². The summed E-state index contributed by atoms with van der Waals surface area (Å²) in [6, 6.07) is 8.08. The number of pyridine rings is 1. The molecule has 0 saturated heterocycles. The summed E-state index contributed by atoms with van der Waals surface area (Å²) in [7, 11) is 1.55. The van der Waals surface area contributed by atoms with Crippen molar-refractivity contribution in [3.63, 3.8) is 0 Å². The number of carbonyl (C=O) groups is 1. The van der Waals surface area contributed by atoms with E-state index in [1.54, 1.807) is 37.4 Å². The molecule has 0 atom stereocenters. The van der Waals surface area contributed by atoms with Crippen molar-refractivity contribution in [2.75, 3.05) is 19.5 Å². The van der Waals surface area contributed by atoms with Crippen LogP contribution in [-0.4, -0.2) is 24.6 Å². The maximum Gasteiger partial charge on any atom is 0.255 e. The van der Waals surface area contributed by atoms with Gasteiger partial charge in [0.1, 0.15) is 12.4 Å². The molecule has 1 aromatic carbocycles. The lowest BCUT2D eigenvalue weighted by atomic mass is 10.1. The lowest BCUT2D eigenvalue weighted by molar-refractivity contribution is 0.0951. The first kappa shape index (κ1) is 21.4. The number of allylic oxidation sites excluding steroid dienone is 1. The molecule has 6 nitrogen and oxygen atoms in total. The fourth-order valence-corrected chi connectivity index (χ4v) is 2.50. The second kappa shape index (κ2) is 11.0. The van der Waals surface area contributed by atoms with Crippen molar-refractivity contribution >= 4 is 11.7 Å². The minimum absolute atomic E-state index is 0.00675. The van der Waals surface area contributed by atoms with Gasteiger partial charge in [-0.1, -0.05) is 37.6 Å². The van der Waals surface area contributed by atoms with Crippen LogP contribution in [0.2, 0.25) is 0 Å². The van der Waals surface area contributed by atoms with E-state index in [0.717, 1.165) is 12.8 Å². The number of halogens is 1. The van der Waals surface area contributed by atoms with E-state index in [2.05, 4.69) is 17.2 Å². The molecule has 0 fully saturated rings. The van der Waals surface area contributed by atoms with E-state index in [9.17, 15) is 9.18 Å². The van der Waals surface area contributed by atoms with Crippen LogP contribution in [0.1, 0.15) is 41.4 Å². The molecule has 1 amide bonds. The standard InChI is InChI=1S/C21H26FN3O3/c1-3-4-5-6-12-28-18-9-7-8-15(19(18)22)13-24-21(26)17-11-10-16(14-27-2)25-20(17)23/h5-11H,3-4,12-14H2,1-2H3,(H2,23,25)(H,24,26). The fraction of sp³-hybridized carbons (Fsp3) is 0.333. The van der Waals surface area contributed by atoms with Gasteiger partial charge in [-0.25, -0.2) is 9.37 Å². The third-order valence-electron chi connectivity index (χ3n) is 3.96. The van der Waals surface area contributed by atoms with Gasteiger partial charge in [-0.15, -0.1) is 0 Å². The van der Waals surface area contributed by atoms with Crippen LogP contribution >= 0.6 is 0 Å². The maximum absolute atomic E-state index is 14.6. The average Bonchev–Trinajstić information content (AvgIpc) is 2.68. The summed E-state index contributed by atoms with van der Waals surface area (Å²) in [6.07, 6.45) is 5.87. The molecule has 0 spiro atoms. The smallest absolute Gasteiger partial charge is 0.255 e. The monoisotopic (exact) mass is 387 g/mol. The number of nitrogens with one attached hydrogen (secondary N) is 1. The van der Waals surface area contributed by atoms with Crippen LogP contribution in [0.5, 0.6) is 5.75 Å². The molecular formula is C21H26FN3O3. The first-order valence-electron chi connectivity index (χ1n) is 9.14. The van der Waals surface area contributed by atoms with Gasteiger partial charge in [0.05, 0.1) is 17.9 Å². The summed E-state index contributed by atoms with van der Waals surface area (Å²) in [5, 5.41) is 2.66. The Balaban J connectivity index is 1.98. The molecule has 0 aliphatic heterocycles. The zero-order valence-electron chi connectivity index (χ0n) is 16.2. The average molecular weight is 387 g/mol. The molecule has 1 aromatic heterocycles. The van der Waals surface area contributed by atoms with Gasteiger partial charge in [0.25, 0.3) is 5.91 Å². The summed E-state index contributed by atoms with van der Waals surface area (Å²) in [6.45, 7) is 2.69. The number of nitrogen functional groups attached to an aromatic ring is 1. The van der Waals surface area contributed by atoms with Crippen molar-refractivity contribution in [2.24, 2.45) is 0 Å². The number of carbonyl (C=O) groups excluding carboxylic acids is 1. The van der Waals surface area contributed by atoms with Gasteiger partial charge in [0, 0.05) is 19.2 Å². The molecule has 2 rings (SSSR count).